The minimum absolute atomic E-state index is 0.333. The Morgan fingerprint density at radius 2 is 2.18 bits per heavy atom. The third kappa shape index (κ3) is 2.87. The smallest absolute Gasteiger partial charge is 0.0774 e. The highest BCUT2D eigenvalue weighted by Gasteiger charge is 2.34. The average Bonchev–Trinajstić information content (AvgIpc) is 1.85. The Morgan fingerprint density at radius 1 is 1.55 bits per heavy atom. The zero-order valence-electron chi connectivity index (χ0n) is 7.02. The van der Waals surface area contributed by atoms with Gasteiger partial charge in [0, 0.05) is 17.5 Å². The van der Waals surface area contributed by atoms with Crippen LogP contribution < -0.4 is 0 Å². The average molecular weight is 269 g/mol. The van der Waals surface area contributed by atoms with Gasteiger partial charge in [-0.2, -0.15) is 0 Å². The van der Waals surface area contributed by atoms with E-state index in [4.69, 9.17) is 0 Å². The van der Waals surface area contributed by atoms with Crippen LogP contribution in [0, 0.1) is 0 Å². The number of halogens is 1. The summed E-state index contributed by atoms with van der Waals surface area (Å²) < 4.78 is 1.14. The third-order valence-electron chi connectivity index (χ3n) is 2.31. The summed E-state index contributed by atoms with van der Waals surface area (Å²) in [6, 6.07) is 0. The van der Waals surface area contributed by atoms with Gasteiger partial charge in [-0.3, -0.25) is 0 Å². The first-order valence-corrected chi connectivity index (χ1v) is 5.66. The maximum atomic E-state index is 9.76. The lowest BCUT2D eigenvalue weighted by atomic mass is 9.80. The molecule has 0 amide bonds. The van der Waals surface area contributed by atoms with Crippen molar-refractivity contribution in [2.75, 3.05) is 24.6 Å². The Labute approximate surface area is 82.1 Å². The molecule has 0 atom stereocenters. The number of hydrogen-bond acceptors (Lipinski definition) is 2. The monoisotopic (exact) mass is 269 g/mol. The molecule has 0 unspecified atom stereocenters. The van der Waals surface area contributed by atoms with Crippen LogP contribution >= 0.6 is 22.6 Å². The molecule has 0 spiro atoms. The zero-order valence-corrected chi connectivity index (χ0v) is 9.17. The molecule has 0 radical (unpaired) electrons. The molecule has 0 aromatic carbocycles. The van der Waals surface area contributed by atoms with Gasteiger partial charge in [-0.05, 0) is 26.3 Å². The molecule has 1 aliphatic carbocycles. The highest BCUT2D eigenvalue weighted by molar-refractivity contribution is 14.1. The van der Waals surface area contributed by atoms with Gasteiger partial charge in [0.1, 0.15) is 0 Å². The third-order valence-corrected chi connectivity index (χ3v) is 2.80. The highest BCUT2D eigenvalue weighted by atomic mass is 127. The summed E-state index contributed by atoms with van der Waals surface area (Å²) in [5, 5.41) is 9.76. The van der Waals surface area contributed by atoms with Crippen molar-refractivity contribution in [3.8, 4) is 0 Å². The number of aliphatic hydroxyl groups is 1. The molecule has 11 heavy (non-hydrogen) atoms. The van der Waals surface area contributed by atoms with Crippen LogP contribution in [0.5, 0.6) is 0 Å². The van der Waals surface area contributed by atoms with Crippen molar-refractivity contribution in [3.63, 3.8) is 0 Å². The zero-order chi connectivity index (χ0) is 8.32. The number of rotatable bonds is 4. The van der Waals surface area contributed by atoms with Crippen molar-refractivity contribution >= 4 is 22.6 Å². The van der Waals surface area contributed by atoms with E-state index in [1.54, 1.807) is 0 Å². The molecule has 0 aromatic rings. The van der Waals surface area contributed by atoms with Crippen molar-refractivity contribution in [2.45, 2.75) is 24.9 Å². The first kappa shape index (κ1) is 9.74. The molecule has 1 rings (SSSR count). The molecule has 0 aromatic heterocycles. The van der Waals surface area contributed by atoms with E-state index >= 15 is 0 Å². The predicted molar refractivity (Wildman–Crippen MR) is 55.2 cm³/mol. The normalized spacial score (nSPS) is 21.8. The second kappa shape index (κ2) is 4.05. The number of likely N-dealkylation sites (N-methyl/N-ethyl adjacent to an activating group) is 1. The minimum Gasteiger partial charge on any atom is -0.389 e. The van der Waals surface area contributed by atoms with E-state index in [-0.39, 0.29) is 5.60 Å². The fourth-order valence-electron chi connectivity index (χ4n) is 1.47. The van der Waals surface area contributed by atoms with Gasteiger partial charge in [-0.25, -0.2) is 0 Å². The van der Waals surface area contributed by atoms with E-state index in [0.29, 0.717) is 0 Å². The van der Waals surface area contributed by atoms with Gasteiger partial charge in [0.25, 0.3) is 0 Å². The second-order valence-electron chi connectivity index (χ2n) is 3.50. The molecular weight excluding hydrogens is 253 g/mol. The molecule has 0 aliphatic heterocycles. The molecule has 2 nitrogen and oxygen atoms in total. The van der Waals surface area contributed by atoms with Crippen LogP contribution in [0.2, 0.25) is 0 Å². The summed E-state index contributed by atoms with van der Waals surface area (Å²) in [4.78, 5) is 2.21. The van der Waals surface area contributed by atoms with E-state index in [0.717, 1.165) is 30.4 Å². The Kier molecular flexibility index (Phi) is 3.58. The lowest BCUT2D eigenvalue weighted by molar-refractivity contribution is -0.0531. The van der Waals surface area contributed by atoms with Crippen LogP contribution in [0.3, 0.4) is 0 Å². The van der Waals surface area contributed by atoms with E-state index < -0.39 is 0 Å². The molecule has 66 valence electrons. The fourth-order valence-corrected chi connectivity index (χ4v) is 2.29. The molecule has 0 heterocycles. The van der Waals surface area contributed by atoms with Crippen LogP contribution in [-0.4, -0.2) is 40.2 Å². The number of hydrogen-bond donors (Lipinski definition) is 1. The van der Waals surface area contributed by atoms with Gasteiger partial charge in [0.05, 0.1) is 5.60 Å². The van der Waals surface area contributed by atoms with Gasteiger partial charge < -0.3 is 10.0 Å². The lowest BCUT2D eigenvalue weighted by Crippen LogP contribution is -2.47. The fraction of sp³-hybridized carbons (Fsp3) is 1.00. The molecular formula is C8H16INO. The van der Waals surface area contributed by atoms with E-state index in [2.05, 4.69) is 34.5 Å². The molecule has 1 fully saturated rings. The molecule has 1 saturated carbocycles. The molecule has 0 saturated heterocycles. The quantitative estimate of drug-likeness (QED) is 0.613. The number of nitrogens with zero attached hydrogens (tertiary/aromatic N) is 1. The Bertz CT molecular complexity index is 125. The Morgan fingerprint density at radius 3 is 2.55 bits per heavy atom. The highest BCUT2D eigenvalue weighted by Crippen LogP contribution is 2.31. The van der Waals surface area contributed by atoms with Gasteiger partial charge in [0.15, 0.2) is 0 Å². The summed E-state index contributed by atoms with van der Waals surface area (Å²) in [6.07, 6.45) is 3.20. The van der Waals surface area contributed by atoms with Crippen LogP contribution in [0.1, 0.15) is 19.3 Å². The SMILES string of the molecule is CN(CCI)CC1(O)CCC1. The van der Waals surface area contributed by atoms with Gasteiger partial charge in [-0.15, -0.1) is 0 Å². The summed E-state index contributed by atoms with van der Waals surface area (Å²) in [7, 11) is 2.08. The number of alkyl halides is 1. The predicted octanol–water partition coefficient (Wildman–Crippen LogP) is 1.27. The second-order valence-corrected chi connectivity index (χ2v) is 4.58. The van der Waals surface area contributed by atoms with Crippen LogP contribution in [0.25, 0.3) is 0 Å². The maximum absolute atomic E-state index is 9.76. The van der Waals surface area contributed by atoms with Crippen molar-refractivity contribution in [1.82, 2.24) is 4.90 Å². The topological polar surface area (TPSA) is 23.5 Å². The van der Waals surface area contributed by atoms with Gasteiger partial charge >= 0.3 is 0 Å². The Hall–Kier alpha value is 0.650. The summed E-state index contributed by atoms with van der Waals surface area (Å²) in [5.74, 6) is 0. The van der Waals surface area contributed by atoms with Crippen molar-refractivity contribution in [1.29, 1.82) is 0 Å². The van der Waals surface area contributed by atoms with Crippen molar-refractivity contribution < 1.29 is 5.11 Å². The minimum atomic E-state index is -0.333. The van der Waals surface area contributed by atoms with Gasteiger partial charge in [0.2, 0.25) is 0 Å². The van der Waals surface area contributed by atoms with Crippen LogP contribution in [0.15, 0.2) is 0 Å². The van der Waals surface area contributed by atoms with E-state index in [1.807, 2.05) is 0 Å². The largest absolute Gasteiger partial charge is 0.389 e. The standard InChI is InChI=1S/C8H16INO/c1-10(6-5-9)7-8(11)3-2-4-8/h11H,2-7H2,1H3. The van der Waals surface area contributed by atoms with E-state index in [1.165, 1.54) is 6.42 Å². The molecule has 0 bridgehead atoms. The summed E-state index contributed by atoms with van der Waals surface area (Å²) in [6.45, 7) is 1.94. The first-order chi connectivity index (χ1) is 5.16. The molecule has 3 heteroatoms. The van der Waals surface area contributed by atoms with Crippen LogP contribution in [-0.2, 0) is 0 Å². The molecule has 1 aliphatic rings. The summed E-state index contributed by atoms with van der Waals surface area (Å²) >= 11 is 2.36. The van der Waals surface area contributed by atoms with Crippen molar-refractivity contribution in [2.24, 2.45) is 0 Å². The van der Waals surface area contributed by atoms with Crippen LogP contribution in [0.4, 0.5) is 0 Å². The maximum Gasteiger partial charge on any atom is 0.0774 e. The summed E-state index contributed by atoms with van der Waals surface area (Å²) in [5.41, 5.74) is -0.333. The van der Waals surface area contributed by atoms with E-state index in [9.17, 15) is 5.11 Å². The first-order valence-electron chi connectivity index (χ1n) is 4.13. The van der Waals surface area contributed by atoms with Crippen molar-refractivity contribution in [3.05, 3.63) is 0 Å². The van der Waals surface area contributed by atoms with Gasteiger partial charge in [-0.1, -0.05) is 22.6 Å². The Balaban J connectivity index is 2.18. The molecule has 1 N–H and O–H groups in total. The lowest BCUT2D eigenvalue weighted by Gasteiger charge is -2.39.